The highest BCUT2D eigenvalue weighted by molar-refractivity contribution is 6.32. The number of likely N-dealkylation sites (tertiary alicyclic amines) is 1. The molecule has 0 bridgehead atoms. The van der Waals surface area contributed by atoms with E-state index in [0.717, 1.165) is 12.3 Å². The molecule has 2 heterocycles. The maximum Gasteiger partial charge on any atom is 0.308 e. The molecule has 0 aromatic carbocycles. The average Bonchev–Trinajstić information content (AvgIpc) is 2.41. The van der Waals surface area contributed by atoms with Crippen molar-refractivity contribution in [3.63, 3.8) is 0 Å². The lowest BCUT2D eigenvalue weighted by Gasteiger charge is -2.30. The van der Waals surface area contributed by atoms with E-state index in [1.807, 2.05) is 0 Å². The Kier molecular flexibility index (Phi) is 3.99. The van der Waals surface area contributed by atoms with E-state index in [1.165, 1.54) is 4.90 Å². The van der Waals surface area contributed by atoms with Gasteiger partial charge in [-0.05, 0) is 18.9 Å². The Labute approximate surface area is 114 Å². The number of amides is 1. The van der Waals surface area contributed by atoms with Gasteiger partial charge in [-0.25, -0.2) is 9.37 Å². The predicted molar refractivity (Wildman–Crippen MR) is 65.5 cm³/mol. The third-order valence-corrected chi connectivity index (χ3v) is 3.40. The second kappa shape index (κ2) is 5.52. The first-order chi connectivity index (χ1) is 8.99. The number of aliphatic carboxylic acids is 1. The first-order valence-electron chi connectivity index (χ1n) is 5.82. The molecule has 0 saturated carbocycles. The molecule has 19 heavy (non-hydrogen) atoms. The van der Waals surface area contributed by atoms with Crippen molar-refractivity contribution in [3.8, 4) is 0 Å². The number of carboxylic acid groups (broad SMARTS) is 1. The van der Waals surface area contributed by atoms with Gasteiger partial charge in [0, 0.05) is 13.1 Å². The van der Waals surface area contributed by atoms with E-state index in [4.69, 9.17) is 16.7 Å². The van der Waals surface area contributed by atoms with Crippen LogP contribution in [0.25, 0.3) is 0 Å². The Morgan fingerprint density at radius 2 is 2.26 bits per heavy atom. The molecule has 0 spiro atoms. The minimum absolute atomic E-state index is 0.0345. The third-order valence-electron chi connectivity index (χ3n) is 3.09. The number of nitrogens with zero attached hydrogens (tertiary/aromatic N) is 2. The summed E-state index contributed by atoms with van der Waals surface area (Å²) in [6.45, 7) is 0.552. The summed E-state index contributed by atoms with van der Waals surface area (Å²) in [4.78, 5) is 28.1. The van der Waals surface area contributed by atoms with Gasteiger partial charge in [0.2, 0.25) is 0 Å². The van der Waals surface area contributed by atoms with Gasteiger partial charge in [0.25, 0.3) is 5.91 Å². The number of halogens is 2. The fourth-order valence-electron chi connectivity index (χ4n) is 2.11. The lowest BCUT2D eigenvalue weighted by molar-refractivity contribution is -0.143. The van der Waals surface area contributed by atoms with Crippen molar-refractivity contribution < 1.29 is 19.1 Å². The summed E-state index contributed by atoms with van der Waals surface area (Å²) in [5.74, 6) is -2.65. The molecule has 1 atom stereocenters. The van der Waals surface area contributed by atoms with Crippen LogP contribution in [0.4, 0.5) is 4.39 Å². The summed E-state index contributed by atoms with van der Waals surface area (Å²) in [6, 6.07) is 1.02. The molecule has 7 heteroatoms. The number of piperidine rings is 1. The summed E-state index contributed by atoms with van der Waals surface area (Å²) < 4.78 is 13.1. The van der Waals surface area contributed by atoms with Crippen LogP contribution in [-0.2, 0) is 4.79 Å². The molecule has 1 amide bonds. The zero-order valence-corrected chi connectivity index (χ0v) is 10.7. The number of rotatable bonds is 2. The molecule has 1 fully saturated rings. The van der Waals surface area contributed by atoms with E-state index < -0.39 is 23.6 Å². The standard InChI is InChI=1S/C12H12ClFN2O3/c13-10-9(4-8(14)5-15-10)11(17)16-3-1-2-7(6-16)12(18)19/h4-5,7H,1-3,6H2,(H,18,19). The molecular weight excluding hydrogens is 275 g/mol. The average molecular weight is 287 g/mol. The zero-order valence-electron chi connectivity index (χ0n) is 9.97. The summed E-state index contributed by atoms with van der Waals surface area (Å²) >= 11 is 5.77. The lowest BCUT2D eigenvalue weighted by atomic mass is 9.98. The molecule has 1 aromatic heterocycles. The van der Waals surface area contributed by atoms with Crippen LogP contribution in [-0.4, -0.2) is 40.0 Å². The second-order valence-electron chi connectivity index (χ2n) is 4.42. The molecule has 1 aliphatic heterocycles. The summed E-state index contributed by atoms with van der Waals surface area (Å²) in [5, 5.41) is 8.89. The summed E-state index contributed by atoms with van der Waals surface area (Å²) in [5.41, 5.74) is -0.0345. The van der Waals surface area contributed by atoms with Gasteiger partial charge in [0.1, 0.15) is 11.0 Å². The van der Waals surface area contributed by atoms with Crippen molar-refractivity contribution >= 4 is 23.5 Å². The molecule has 1 aromatic rings. The molecule has 2 rings (SSSR count). The molecule has 0 aliphatic carbocycles. The van der Waals surface area contributed by atoms with E-state index in [9.17, 15) is 14.0 Å². The third kappa shape index (κ3) is 3.01. The first kappa shape index (κ1) is 13.7. The lowest BCUT2D eigenvalue weighted by Crippen LogP contribution is -2.42. The minimum Gasteiger partial charge on any atom is -0.481 e. The van der Waals surface area contributed by atoms with Crippen molar-refractivity contribution in [2.24, 2.45) is 5.92 Å². The van der Waals surface area contributed by atoms with Gasteiger partial charge in [-0.1, -0.05) is 11.6 Å². The van der Waals surface area contributed by atoms with Gasteiger partial charge in [0.15, 0.2) is 0 Å². The molecular formula is C12H12ClFN2O3. The first-order valence-corrected chi connectivity index (χ1v) is 6.20. The number of hydrogen-bond donors (Lipinski definition) is 1. The van der Waals surface area contributed by atoms with Crippen molar-refractivity contribution in [1.82, 2.24) is 9.88 Å². The smallest absolute Gasteiger partial charge is 0.308 e. The Morgan fingerprint density at radius 3 is 2.95 bits per heavy atom. The van der Waals surface area contributed by atoms with Crippen LogP contribution in [0.1, 0.15) is 23.2 Å². The van der Waals surface area contributed by atoms with Crippen LogP contribution in [0.3, 0.4) is 0 Å². The Bertz CT molecular complexity index is 524. The Hall–Kier alpha value is -1.69. The van der Waals surface area contributed by atoms with Gasteiger partial charge >= 0.3 is 5.97 Å². The van der Waals surface area contributed by atoms with Crippen LogP contribution in [0.2, 0.25) is 5.15 Å². The quantitative estimate of drug-likeness (QED) is 0.842. The van der Waals surface area contributed by atoms with E-state index in [-0.39, 0.29) is 17.3 Å². The Morgan fingerprint density at radius 1 is 1.53 bits per heavy atom. The van der Waals surface area contributed by atoms with E-state index in [0.29, 0.717) is 19.4 Å². The molecule has 1 unspecified atom stereocenters. The monoisotopic (exact) mass is 286 g/mol. The largest absolute Gasteiger partial charge is 0.481 e. The fourth-order valence-corrected chi connectivity index (χ4v) is 2.29. The topological polar surface area (TPSA) is 70.5 Å². The van der Waals surface area contributed by atoms with E-state index in [2.05, 4.69) is 4.98 Å². The van der Waals surface area contributed by atoms with Crippen LogP contribution in [0.5, 0.6) is 0 Å². The number of carbonyl (C=O) groups excluding carboxylic acids is 1. The molecule has 1 saturated heterocycles. The van der Waals surface area contributed by atoms with Gasteiger partial charge in [-0.15, -0.1) is 0 Å². The van der Waals surface area contributed by atoms with Gasteiger partial charge < -0.3 is 10.0 Å². The van der Waals surface area contributed by atoms with Gasteiger partial charge in [0.05, 0.1) is 17.7 Å². The maximum absolute atomic E-state index is 13.1. The summed E-state index contributed by atoms with van der Waals surface area (Å²) in [7, 11) is 0. The number of aromatic nitrogens is 1. The second-order valence-corrected chi connectivity index (χ2v) is 4.78. The highest BCUT2D eigenvalue weighted by Gasteiger charge is 2.29. The number of pyridine rings is 1. The van der Waals surface area contributed by atoms with Crippen LogP contribution >= 0.6 is 11.6 Å². The molecule has 5 nitrogen and oxygen atoms in total. The number of hydrogen-bond acceptors (Lipinski definition) is 3. The normalized spacial score (nSPS) is 19.3. The van der Waals surface area contributed by atoms with Crippen molar-refractivity contribution in [3.05, 3.63) is 28.8 Å². The van der Waals surface area contributed by atoms with Crippen LogP contribution in [0.15, 0.2) is 12.3 Å². The van der Waals surface area contributed by atoms with Gasteiger partial charge in [-0.2, -0.15) is 0 Å². The van der Waals surface area contributed by atoms with Crippen molar-refractivity contribution in [2.75, 3.05) is 13.1 Å². The number of carbonyl (C=O) groups is 2. The molecule has 102 valence electrons. The van der Waals surface area contributed by atoms with E-state index in [1.54, 1.807) is 0 Å². The van der Waals surface area contributed by atoms with Crippen molar-refractivity contribution in [1.29, 1.82) is 0 Å². The SMILES string of the molecule is O=C(O)C1CCCN(C(=O)c2cc(F)cnc2Cl)C1. The van der Waals surface area contributed by atoms with E-state index >= 15 is 0 Å². The number of carboxylic acids is 1. The molecule has 1 N–H and O–H groups in total. The molecule has 1 aliphatic rings. The highest BCUT2D eigenvalue weighted by Crippen LogP contribution is 2.21. The van der Waals surface area contributed by atoms with Crippen molar-refractivity contribution in [2.45, 2.75) is 12.8 Å². The maximum atomic E-state index is 13.1. The van der Waals surface area contributed by atoms with Crippen LogP contribution in [0, 0.1) is 11.7 Å². The van der Waals surface area contributed by atoms with Crippen LogP contribution < -0.4 is 0 Å². The summed E-state index contributed by atoms with van der Waals surface area (Å²) in [6.07, 6.45) is 2.06. The highest BCUT2D eigenvalue weighted by atomic mass is 35.5. The fraction of sp³-hybridized carbons (Fsp3) is 0.417. The predicted octanol–water partition coefficient (Wildman–Crippen LogP) is 1.81. The van der Waals surface area contributed by atoms with Gasteiger partial charge in [-0.3, -0.25) is 9.59 Å². The Balaban J connectivity index is 2.19. The zero-order chi connectivity index (χ0) is 14.0. The molecule has 0 radical (unpaired) electrons. The minimum atomic E-state index is -0.930.